The average molecular weight is 286 g/mol. The second-order valence-electron chi connectivity index (χ2n) is 5.86. The molecule has 0 saturated carbocycles. The molecule has 4 rings (SSSR count). The molecule has 3 aliphatic heterocycles. The first-order valence-corrected chi connectivity index (χ1v) is 7.59. The van der Waals surface area contributed by atoms with Crippen molar-refractivity contribution in [2.24, 2.45) is 5.92 Å². The van der Waals surface area contributed by atoms with E-state index in [2.05, 4.69) is 10.2 Å². The molecule has 2 bridgehead atoms. The number of rotatable bonds is 4. The number of nitrogens with one attached hydrogen (secondary N) is 1. The molecule has 1 aromatic rings. The van der Waals surface area contributed by atoms with Crippen molar-refractivity contribution >= 4 is 12.0 Å². The van der Waals surface area contributed by atoms with Gasteiger partial charge in [0.1, 0.15) is 5.75 Å². The molecule has 0 spiro atoms. The molecule has 0 radical (unpaired) electrons. The van der Waals surface area contributed by atoms with Crippen molar-refractivity contribution in [2.45, 2.75) is 18.9 Å². The van der Waals surface area contributed by atoms with E-state index in [1.54, 1.807) is 13.2 Å². The molecule has 112 valence electrons. The fraction of sp³-hybridized carbons (Fsp3) is 0.471. The number of carbonyl (C=O) groups excluding carboxylic acids is 1. The van der Waals surface area contributed by atoms with Crippen LogP contribution in [-0.2, 0) is 4.79 Å². The number of hydrogen-bond donors (Lipinski definition) is 1. The lowest BCUT2D eigenvalue weighted by Gasteiger charge is -2.44. The zero-order valence-corrected chi connectivity index (χ0v) is 12.4. The van der Waals surface area contributed by atoms with Crippen LogP contribution >= 0.6 is 0 Å². The van der Waals surface area contributed by atoms with Crippen LogP contribution in [0.25, 0.3) is 6.08 Å². The smallest absolute Gasteiger partial charge is 0.244 e. The summed E-state index contributed by atoms with van der Waals surface area (Å²) in [5, 5.41) is 3.15. The van der Waals surface area contributed by atoms with Gasteiger partial charge in [0.05, 0.1) is 7.11 Å². The third-order valence-electron chi connectivity index (χ3n) is 4.50. The van der Waals surface area contributed by atoms with Crippen molar-refractivity contribution in [3.63, 3.8) is 0 Å². The van der Waals surface area contributed by atoms with Crippen LogP contribution in [-0.4, -0.2) is 43.6 Å². The third-order valence-corrected chi connectivity index (χ3v) is 4.50. The van der Waals surface area contributed by atoms with Gasteiger partial charge >= 0.3 is 0 Å². The molecule has 3 heterocycles. The van der Waals surface area contributed by atoms with Crippen LogP contribution in [0.15, 0.2) is 30.3 Å². The fourth-order valence-corrected chi connectivity index (χ4v) is 3.28. The topological polar surface area (TPSA) is 41.6 Å². The van der Waals surface area contributed by atoms with Gasteiger partial charge in [-0.15, -0.1) is 0 Å². The average Bonchev–Trinajstić information content (AvgIpc) is 2.54. The zero-order chi connectivity index (χ0) is 14.7. The minimum absolute atomic E-state index is 0.00318. The van der Waals surface area contributed by atoms with Gasteiger partial charge in [0.25, 0.3) is 0 Å². The number of benzene rings is 1. The van der Waals surface area contributed by atoms with E-state index in [4.69, 9.17) is 4.74 Å². The van der Waals surface area contributed by atoms with Gasteiger partial charge in [-0.3, -0.25) is 4.79 Å². The number of ether oxygens (including phenoxy) is 1. The molecule has 4 heteroatoms. The van der Waals surface area contributed by atoms with Gasteiger partial charge in [-0.2, -0.15) is 0 Å². The number of amides is 1. The monoisotopic (exact) mass is 286 g/mol. The number of nitrogens with zero attached hydrogens (tertiary/aromatic N) is 1. The molecular formula is C17H22N2O2. The number of hydrogen-bond acceptors (Lipinski definition) is 3. The minimum atomic E-state index is -0.00318. The maximum absolute atomic E-state index is 12.1. The van der Waals surface area contributed by atoms with Crippen molar-refractivity contribution in [1.82, 2.24) is 10.2 Å². The highest BCUT2D eigenvalue weighted by molar-refractivity contribution is 5.92. The van der Waals surface area contributed by atoms with Gasteiger partial charge in [-0.25, -0.2) is 0 Å². The summed E-state index contributed by atoms with van der Waals surface area (Å²) in [5.41, 5.74) is 0.971. The highest BCUT2D eigenvalue weighted by atomic mass is 16.5. The number of fused-ring (bicyclic) bond motifs is 3. The molecule has 1 amide bonds. The summed E-state index contributed by atoms with van der Waals surface area (Å²) in [7, 11) is 1.64. The van der Waals surface area contributed by atoms with E-state index in [1.165, 1.54) is 25.9 Å². The standard InChI is InChI=1S/C17H22N2O2/c1-21-15-4-2-3-13(11-15)5-6-17(20)18-16-12-19-9-7-14(16)8-10-19/h2-6,11,14,16H,7-10,12H2,1H3,(H,18,20)/b6-5+/t16-/m0/s1. The SMILES string of the molecule is COc1cccc(/C=C/C(=O)N[C@H]2CN3CCC2CC3)c1. The molecule has 1 atom stereocenters. The Kier molecular flexibility index (Phi) is 4.25. The van der Waals surface area contributed by atoms with Crippen LogP contribution in [0.4, 0.5) is 0 Å². The normalized spacial score (nSPS) is 27.8. The molecule has 3 aliphatic rings. The number of methoxy groups -OCH3 is 1. The van der Waals surface area contributed by atoms with Crippen LogP contribution in [0.5, 0.6) is 5.75 Å². The second kappa shape index (κ2) is 6.31. The summed E-state index contributed by atoms with van der Waals surface area (Å²) in [6.45, 7) is 3.39. The Balaban J connectivity index is 1.57. The van der Waals surface area contributed by atoms with Gasteiger partial charge in [0, 0.05) is 18.7 Å². The summed E-state index contributed by atoms with van der Waals surface area (Å²) in [4.78, 5) is 14.5. The first kappa shape index (κ1) is 14.1. The molecule has 3 fully saturated rings. The lowest BCUT2D eigenvalue weighted by atomic mass is 9.84. The van der Waals surface area contributed by atoms with E-state index < -0.39 is 0 Å². The summed E-state index contributed by atoms with van der Waals surface area (Å²) >= 11 is 0. The van der Waals surface area contributed by atoms with Gasteiger partial charge in [-0.05, 0) is 55.6 Å². The van der Waals surface area contributed by atoms with Crippen molar-refractivity contribution in [1.29, 1.82) is 0 Å². The summed E-state index contributed by atoms with van der Waals surface area (Å²) in [6, 6.07) is 8.00. The summed E-state index contributed by atoms with van der Waals surface area (Å²) in [6.07, 6.45) is 5.88. The molecule has 1 N–H and O–H groups in total. The van der Waals surface area contributed by atoms with E-state index in [0.717, 1.165) is 17.9 Å². The van der Waals surface area contributed by atoms with Crippen LogP contribution in [0.3, 0.4) is 0 Å². The fourth-order valence-electron chi connectivity index (χ4n) is 3.28. The first-order valence-electron chi connectivity index (χ1n) is 7.59. The Morgan fingerprint density at radius 1 is 1.38 bits per heavy atom. The number of piperidine rings is 3. The Morgan fingerprint density at radius 2 is 2.19 bits per heavy atom. The molecule has 0 aliphatic carbocycles. The highest BCUT2D eigenvalue weighted by Crippen LogP contribution is 2.27. The Hall–Kier alpha value is -1.81. The Labute approximate surface area is 125 Å². The molecule has 0 aromatic heterocycles. The molecule has 1 aromatic carbocycles. The predicted octanol–water partition coefficient (Wildman–Crippen LogP) is 1.92. The van der Waals surface area contributed by atoms with Crippen molar-refractivity contribution in [3.05, 3.63) is 35.9 Å². The first-order chi connectivity index (χ1) is 10.2. The van der Waals surface area contributed by atoms with Gasteiger partial charge < -0.3 is 15.0 Å². The minimum Gasteiger partial charge on any atom is -0.497 e. The van der Waals surface area contributed by atoms with Gasteiger partial charge in [-0.1, -0.05) is 12.1 Å². The maximum Gasteiger partial charge on any atom is 0.244 e. The molecule has 4 nitrogen and oxygen atoms in total. The lowest BCUT2D eigenvalue weighted by Crippen LogP contribution is -2.57. The lowest BCUT2D eigenvalue weighted by molar-refractivity contribution is -0.118. The van der Waals surface area contributed by atoms with E-state index in [0.29, 0.717) is 12.0 Å². The van der Waals surface area contributed by atoms with Crippen LogP contribution < -0.4 is 10.1 Å². The van der Waals surface area contributed by atoms with Crippen LogP contribution in [0.2, 0.25) is 0 Å². The highest BCUT2D eigenvalue weighted by Gasteiger charge is 2.34. The van der Waals surface area contributed by atoms with Crippen LogP contribution in [0, 0.1) is 5.92 Å². The maximum atomic E-state index is 12.1. The zero-order valence-electron chi connectivity index (χ0n) is 12.4. The number of carbonyl (C=O) groups is 1. The van der Waals surface area contributed by atoms with E-state index in [9.17, 15) is 4.79 Å². The van der Waals surface area contributed by atoms with E-state index >= 15 is 0 Å². The van der Waals surface area contributed by atoms with Crippen molar-refractivity contribution < 1.29 is 9.53 Å². The van der Waals surface area contributed by atoms with Crippen LogP contribution in [0.1, 0.15) is 18.4 Å². The third kappa shape index (κ3) is 3.45. The predicted molar refractivity (Wildman–Crippen MR) is 83.1 cm³/mol. The molecule has 21 heavy (non-hydrogen) atoms. The summed E-state index contributed by atoms with van der Waals surface area (Å²) < 4.78 is 5.18. The molecule has 3 saturated heterocycles. The van der Waals surface area contributed by atoms with Gasteiger partial charge in [0.15, 0.2) is 0 Å². The second-order valence-corrected chi connectivity index (χ2v) is 5.86. The molecular weight excluding hydrogens is 264 g/mol. The van der Waals surface area contributed by atoms with E-state index in [-0.39, 0.29) is 5.91 Å². The van der Waals surface area contributed by atoms with Gasteiger partial charge in [0.2, 0.25) is 5.91 Å². The Morgan fingerprint density at radius 3 is 2.86 bits per heavy atom. The quantitative estimate of drug-likeness (QED) is 0.860. The van der Waals surface area contributed by atoms with Crippen molar-refractivity contribution in [3.8, 4) is 5.75 Å². The van der Waals surface area contributed by atoms with Crippen molar-refractivity contribution in [2.75, 3.05) is 26.7 Å². The summed E-state index contributed by atoms with van der Waals surface area (Å²) in [5.74, 6) is 1.45. The largest absolute Gasteiger partial charge is 0.497 e. The van der Waals surface area contributed by atoms with E-state index in [1.807, 2.05) is 30.3 Å². The molecule has 0 unspecified atom stereocenters. The Bertz CT molecular complexity index is 533.